The summed E-state index contributed by atoms with van der Waals surface area (Å²) in [6, 6.07) is 4.00. The van der Waals surface area contributed by atoms with Crippen LogP contribution >= 0.6 is 11.3 Å². The van der Waals surface area contributed by atoms with E-state index in [1.807, 2.05) is 12.3 Å². The van der Waals surface area contributed by atoms with Crippen LogP contribution in [-0.4, -0.2) is 23.1 Å². The van der Waals surface area contributed by atoms with Gasteiger partial charge in [-0.1, -0.05) is 0 Å². The van der Waals surface area contributed by atoms with Gasteiger partial charge in [-0.2, -0.15) is 0 Å². The van der Waals surface area contributed by atoms with E-state index in [0.717, 1.165) is 29.5 Å². The van der Waals surface area contributed by atoms with Crippen molar-refractivity contribution in [2.45, 2.75) is 12.8 Å². The number of hydrogen-bond donors (Lipinski definition) is 0. The van der Waals surface area contributed by atoms with Crippen LogP contribution in [-0.2, 0) is 0 Å². The van der Waals surface area contributed by atoms with Crippen molar-refractivity contribution in [2.75, 3.05) is 18.0 Å². The van der Waals surface area contributed by atoms with Gasteiger partial charge in [0.15, 0.2) is 5.13 Å². The zero-order valence-electron chi connectivity index (χ0n) is 8.97. The van der Waals surface area contributed by atoms with E-state index in [2.05, 4.69) is 26.3 Å². The largest absolute Gasteiger partial charge is 0.348 e. The Morgan fingerprint density at radius 1 is 1.25 bits per heavy atom. The lowest BCUT2D eigenvalue weighted by Gasteiger charge is -2.12. The standard InChI is InChI=1S/C12H13N3S/c1-2-7-15(6-1)12-14-11(9-16-12)10-4-3-5-13-8-10/h3-5,8-9H,1-2,6-7H2. The molecular formula is C12H13N3S. The molecule has 1 aliphatic rings. The third-order valence-electron chi connectivity index (χ3n) is 2.83. The Kier molecular flexibility index (Phi) is 2.58. The van der Waals surface area contributed by atoms with Gasteiger partial charge in [0.2, 0.25) is 0 Å². The lowest BCUT2D eigenvalue weighted by Crippen LogP contribution is -2.17. The lowest BCUT2D eigenvalue weighted by atomic mass is 10.2. The molecule has 0 N–H and O–H groups in total. The van der Waals surface area contributed by atoms with E-state index in [4.69, 9.17) is 0 Å². The number of anilines is 1. The third kappa shape index (κ3) is 1.80. The predicted molar refractivity (Wildman–Crippen MR) is 66.8 cm³/mol. The predicted octanol–water partition coefficient (Wildman–Crippen LogP) is 2.81. The summed E-state index contributed by atoms with van der Waals surface area (Å²) in [7, 11) is 0. The number of aromatic nitrogens is 2. The SMILES string of the molecule is c1cncc(-c2csc(N3CCCC3)n2)c1. The molecule has 1 aliphatic heterocycles. The minimum absolute atomic E-state index is 1.04. The van der Waals surface area contributed by atoms with Crippen LogP contribution in [0.4, 0.5) is 5.13 Å². The number of nitrogens with zero attached hydrogens (tertiary/aromatic N) is 3. The molecule has 0 amide bonds. The smallest absolute Gasteiger partial charge is 0.185 e. The Hall–Kier alpha value is -1.42. The van der Waals surface area contributed by atoms with Crippen molar-refractivity contribution in [1.29, 1.82) is 0 Å². The maximum Gasteiger partial charge on any atom is 0.185 e. The van der Waals surface area contributed by atoms with Gasteiger partial charge in [-0.05, 0) is 25.0 Å². The highest BCUT2D eigenvalue weighted by atomic mass is 32.1. The molecule has 1 fully saturated rings. The summed E-state index contributed by atoms with van der Waals surface area (Å²) in [5.74, 6) is 0. The van der Waals surface area contributed by atoms with Crippen LogP contribution in [0.25, 0.3) is 11.3 Å². The van der Waals surface area contributed by atoms with Gasteiger partial charge in [-0.15, -0.1) is 11.3 Å². The molecule has 0 radical (unpaired) electrons. The number of hydrogen-bond acceptors (Lipinski definition) is 4. The highest BCUT2D eigenvalue weighted by Crippen LogP contribution is 2.28. The summed E-state index contributed by atoms with van der Waals surface area (Å²) in [5.41, 5.74) is 2.14. The Labute approximate surface area is 98.8 Å². The number of thiazole rings is 1. The van der Waals surface area contributed by atoms with Crippen LogP contribution in [0.1, 0.15) is 12.8 Å². The number of pyridine rings is 1. The molecule has 0 unspecified atom stereocenters. The van der Waals surface area contributed by atoms with Crippen molar-refractivity contribution in [3.8, 4) is 11.3 Å². The second-order valence-electron chi connectivity index (χ2n) is 3.95. The van der Waals surface area contributed by atoms with Crippen molar-refractivity contribution in [2.24, 2.45) is 0 Å². The fourth-order valence-electron chi connectivity index (χ4n) is 1.96. The maximum absolute atomic E-state index is 4.67. The molecule has 82 valence electrons. The first-order chi connectivity index (χ1) is 7.93. The van der Waals surface area contributed by atoms with Crippen molar-refractivity contribution >= 4 is 16.5 Å². The zero-order chi connectivity index (χ0) is 10.8. The summed E-state index contributed by atoms with van der Waals surface area (Å²) >= 11 is 1.73. The molecule has 0 spiro atoms. The molecule has 0 saturated carbocycles. The van der Waals surface area contributed by atoms with E-state index >= 15 is 0 Å². The average Bonchev–Trinajstić information content (AvgIpc) is 3.01. The lowest BCUT2D eigenvalue weighted by molar-refractivity contribution is 0.949. The summed E-state index contributed by atoms with van der Waals surface area (Å²) in [4.78, 5) is 11.2. The van der Waals surface area contributed by atoms with Crippen molar-refractivity contribution in [1.82, 2.24) is 9.97 Å². The monoisotopic (exact) mass is 231 g/mol. The second kappa shape index (κ2) is 4.22. The first-order valence-electron chi connectivity index (χ1n) is 5.54. The van der Waals surface area contributed by atoms with Gasteiger partial charge < -0.3 is 4.90 Å². The van der Waals surface area contributed by atoms with Gasteiger partial charge in [-0.3, -0.25) is 4.98 Å². The first kappa shape index (κ1) is 9.78. The molecular weight excluding hydrogens is 218 g/mol. The molecule has 0 atom stereocenters. The zero-order valence-corrected chi connectivity index (χ0v) is 9.78. The Balaban J connectivity index is 1.87. The van der Waals surface area contributed by atoms with Gasteiger partial charge in [-0.25, -0.2) is 4.98 Å². The summed E-state index contributed by atoms with van der Waals surface area (Å²) in [6.07, 6.45) is 6.24. The minimum Gasteiger partial charge on any atom is -0.348 e. The Bertz CT molecular complexity index is 460. The molecule has 0 aliphatic carbocycles. The van der Waals surface area contributed by atoms with E-state index in [1.54, 1.807) is 17.5 Å². The van der Waals surface area contributed by atoms with Crippen molar-refractivity contribution in [3.05, 3.63) is 29.9 Å². The Morgan fingerprint density at radius 2 is 2.12 bits per heavy atom. The van der Waals surface area contributed by atoms with E-state index in [1.165, 1.54) is 12.8 Å². The molecule has 0 aromatic carbocycles. The van der Waals surface area contributed by atoms with Crippen LogP contribution in [0.15, 0.2) is 29.9 Å². The third-order valence-corrected chi connectivity index (χ3v) is 3.73. The van der Waals surface area contributed by atoms with Crippen LogP contribution in [0, 0.1) is 0 Å². The molecule has 2 aromatic heterocycles. The molecule has 1 saturated heterocycles. The van der Waals surface area contributed by atoms with Gasteiger partial charge in [0.05, 0.1) is 5.69 Å². The minimum atomic E-state index is 1.04. The van der Waals surface area contributed by atoms with Crippen molar-refractivity contribution in [3.63, 3.8) is 0 Å². The molecule has 3 heterocycles. The molecule has 16 heavy (non-hydrogen) atoms. The highest BCUT2D eigenvalue weighted by molar-refractivity contribution is 7.14. The fourth-order valence-corrected chi connectivity index (χ4v) is 2.85. The molecule has 0 bridgehead atoms. The normalized spacial score (nSPS) is 15.6. The first-order valence-corrected chi connectivity index (χ1v) is 6.42. The van der Waals surface area contributed by atoms with Crippen LogP contribution in [0.2, 0.25) is 0 Å². The van der Waals surface area contributed by atoms with Crippen LogP contribution in [0.3, 0.4) is 0 Å². The summed E-state index contributed by atoms with van der Waals surface area (Å²) in [5, 5.41) is 3.27. The van der Waals surface area contributed by atoms with Crippen LogP contribution in [0.5, 0.6) is 0 Å². The maximum atomic E-state index is 4.67. The van der Waals surface area contributed by atoms with Gasteiger partial charge in [0.25, 0.3) is 0 Å². The van der Waals surface area contributed by atoms with E-state index in [0.29, 0.717) is 0 Å². The Morgan fingerprint density at radius 3 is 2.88 bits per heavy atom. The second-order valence-corrected chi connectivity index (χ2v) is 4.79. The molecule has 3 rings (SSSR count). The molecule has 3 nitrogen and oxygen atoms in total. The topological polar surface area (TPSA) is 29.0 Å². The van der Waals surface area contributed by atoms with Gasteiger partial charge in [0, 0.05) is 36.4 Å². The van der Waals surface area contributed by atoms with E-state index < -0.39 is 0 Å². The van der Waals surface area contributed by atoms with Crippen LogP contribution < -0.4 is 4.90 Å². The quantitative estimate of drug-likeness (QED) is 0.796. The van der Waals surface area contributed by atoms with E-state index in [-0.39, 0.29) is 0 Å². The van der Waals surface area contributed by atoms with Gasteiger partial charge in [0.1, 0.15) is 0 Å². The molecule has 4 heteroatoms. The summed E-state index contributed by atoms with van der Waals surface area (Å²) in [6.45, 7) is 2.31. The summed E-state index contributed by atoms with van der Waals surface area (Å²) < 4.78 is 0. The number of rotatable bonds is 2. The van der Waals surface area contributed by atoms with Gasteiger partial charge >= 0.3 is 0 Å². The van der Waals surface area contributed by atoms with E-state index in [9.17, 15) is 0 Å². The highest BCUT2D eigenvalue weighted by Gasteiger charge is 2.15. The fraction of sp³-hybridized carbons (Fsp3) is 0.333. The van der Waals surface area contributed by atoms with Crippen molar-refractivity contribution < 1.29 is 0 Å². The average molecular weight is 231 g/mol. The molecule has 2 aromatic rings.